The van der Waals surface area contributed by atoms with Crippen molar-refractivity contribution in [3.05, 3.63) is 94.3 Å². The monoisotopic (exact) mass is 495 g/mol. The smallest absolute Gasteiger partial charge is 0.277 e. The lowest BCUT2D eigenvalue weighted by atomic mass is 10.1. The van der Waals surface area contributed by atoms with Crippen LogP contribution in [0.4, 0.5) is 24.5 Å². The molecule has 11 heteroatoms. The van der Waals surface area contributed by atoms with Crippen molar-refractivity contribution in [2.75, 3.05) is 11.9 Å². The van der Waals surface area contributed by atoms with Gasteiger partial charge in [-0.25, -0.2) is 18.7 Å². The summed E-state index contributed by atoms with van der Waals surface area (Å²) in [6.45, 7) is 1.23. The van der Waals surface area contributed by atoms with Gasteiger partial charge in [-0.1, -0.05) is 29.8 Å². The zero-order valence-corrected chi connectivity index (χ0v) is 18.6. The molecule has 5 N–H and O–H groups in total. The maximum absolute atomic E-state index is 14.1. The van der Waals surface area contributed by atoms with Crippen molar-refractivity contribution in [3.63, 3.8) is 0 Å². The number of amides is 2. The maximum Gasteiger partial charge on any atom is 0.277 e. The van der Waals surface area contributed by atoms with E-state index in [9.17, 15) is 22.8 Å². The van der Waals surface area contributed by atoms with Gasteiger partial charge in [-0.2, -0.15) is 0 Å². The third-order valence-electron chi connectivity index (χ3n) is 4.08. The first-order valence-corrected chi connectivity index (χ1v) is 10.1. The average molecular weight is 496 g/mol. The number of nitrogens with one attached hydrogen (secondary N) is 2. The number of hydrogen-bond donors (Lipinski definition) is 4. The summed E-state index contributed by atoms with van der Waals surface area (Å²) in [7, 11) is 0. The molecule has 0 radical (unpaired) electrons. The molecular formula is C23H21ClF3N3O4. The Labute approximate surface area is 198 Å². The van der Waals surface area contributed by atoms with Gasteiger partial charge >= 0.3 is 0 Å². The van der Waals surface area contributed by atoms with E-state index in [1.807, 2.05) is 11.5 Å². The number of anilines is 2. The summed E-state index contributed by atoms with van der Waals surface area (Å²) < 4.78 is 41.5. The Morgan fingerprint density at radius 3 is 2.29 bits per heavy atom. The molecule has 1 atom stereocenters. The van der Waals surface area contributed by atoms with E-state index in [2.05, 4.69) is 5.32 Å². The summed E-state index contributed by atoms with van der Waals surface area (Å²) in [6.07, 6.45) is -0.842. The highest BCUT2D eigenvalue weighted by molar-refractivity contribution is 6.30. The minimum absolute atomic E-state index is 0.118. The van der Waals surface area contributed by atoms with Crippen molar-refractivity contribution in [1.29, 1.82) is 0 Å². The third-order valence-corrected chi connectivity index (χ3v) is 4.31. The van der Waals surface area contributed by atoms with E-state index in [0.717, 1.165) is 18.2 Å². The minimum atomic E-state index is -1.36. The number of carbonyl (C=O) groups excluding carboxylic acids is 2. The topological polar surface area (TPSA) is 114 Å². The minimum Gasteiger partial charge on any atom is -0.391 e. The molecule has 0 aliphatic heterocycles. The van der Waals surface area contributed by atoms with Crippen LogP contribution in [0.25, 0.3) is 0 Å². The highest BCUT2D eigenvalue weighted by Crippen LogP contribution is 2.29. The Hall–Kier alpha value is -3.60. The van der Waals surface area contributed by atoms with E-state index in [0.29, 0.717) is 5.56 Å². The Morgan fingerprint density at radius 2 is 1.74 bits per heavy atom. The van der Waals surface area contributed by atoms with Crippen LogP contribution < -0.4 is 16.5 Å². The van der Waals surface area contributed by atoms with Gasteiger partial charge in [-0.3, -0.25) is 14.4 Å². The van der Waals surface area contributed by atoms with Crippen LogP contribution in [-0.2, 0) is 4.84 Å². The maximum atomic E-state index is 14.1. The van der Waals surface area contributed by atoms with E-state index in [1.165, 1.54) is 19.1 Å². The summed E-state index contributed by atoms with van der Waals surface area (Å²) in [4.78, 5) is 27.2. The predicted molar refractivity (Wildman–Crippen MR) is 121 cm³/mol. The molecule has 0 saturated heterocycles. The highest BCUT2D eigenvalue weighted by atomic mass is 35.5. The van der Waals surface area contributed by atoms with Crippen molar-refractivity contribution < 1.29 is 32.7 Å². The number of halogens is 4. The molecule has 0 aliphatic rings. The van der Waals surface area contributed by atoms with Crippen LogP contribution >= 0.6 is 11.6 Å². The molecule has 2 amide bonds. The van der Waals surface area contributed by atoms with Gasteiger partial charge in [0.05, 0.1) is 23.0 Å². The molecule has 0 spiro atoms. The van der Waals surface area contributed by atoms with Gasteiger partial charge in [-0.05, 0) is 49.4 Å². The molecule has 1 unspecified atom stereocenters. The second-order valence-electron chi connectivity index (χ2n) is 6.85. The molecule has 0 saturated carbocycles. The lowest BCUT2D eigenvalue weighted by Crippen LogP contribution is -2.28. The molecule has 180 valence electrons. The summed E-state index contributed by atoms with van der Waals surface area (Å²) in [5, 5.41) is 11.5. The van der Waals surface area contributed by atoms with Gasteiger partial charge in [0, 0.05) is 10.6 Å². The Morgan fingerprint density at radius 1 is 1.06 bits per heavy atom. The molecule has 0 aliphatic carbocycles. The number of primary amides is 1. The van der Waals surface area contributed by atoms with Gasteiger partial charge < -0.3 is 16.2 Å². The fourth-order valence-corrected chi connectivity index (χ4v) is 2.63. The number of hydrogen-bond acceptors (Lipinski definition) is 5. The van der Waals surface area contributed by atoms with Crippen LogP contribution in [0.2, 0.25) is 5.02 Å². The number of hydroxylamine groups is 1. The van der Waals surface area contributed by atoms with E-state index >= 15 is 0 Å². The molecule has 3 aromatic rings. The van der Waals surface area contributed by atoms with Crippen molar-refractivity contribution >= 4 is 34.8 Å². The normalized spacial score (nSPS) is 11.1. The van der Waals surface area contributed by atoms with Crippen molar-refractivity contribution in [2.45, 2.75) is 13.0 Å². The first-order valence-electron chi connectivity index (χ1n) is 9.75. The average Bonchev–Trinajstić information content (AvgIpc) is 2.79. The predicted octanol–water partition coefficient (Wildman–Crippen LogP) is 4.33. The zero-order valence-electron chi connectivity index (χ0n) is 17.8. The first kappa shape index (κ1) is 26.7. The summed E-state index contributed by atoms with van der Waals surface area (Å²) >= 11 is 5.64. The summed E-state index contributed by atoms with van der Waals surface area (Å²) in [5.74, 6) is -4.68. The van der Waals surface area contributed by atoms with Crippen molar-refractivity contribution in [1.82, 2.24) is 5.48 Å². The zero-order chi connectivity index (χ0) is 25.3. The van der Waals surface area contributed by atoms with Crippen LogP contribution in [0.15, 0.2) is 60.7 Å². The standard InChI is InChI=1S/C16H14ClF3N2O3.C7H7NO/c1-8(23)7-25-22-16(24)10-3-4-11(18)14(20)15(10)21-13-5-2-9(17)6-12(13)19;8-7(9)6-4-2-1-3-5-6/h2-6,8,21,23H,7H2,1H3,(H,22,24);1-5H,(H2,8,9). The second-order valence-corrected chi connectivity index (χ2v) is 7.29. The number of rotatable bonds is 7. The van der Waals surface area contributed by atoms with E-state index < -0.39 is 35.2 Å². The van der Waals surface area contributed by atoms with Crippen LogP contribution in [0.1, 0.15) is 27.6 Å². The fourth-order valence-electron chi connectivity index (χ4n) is 2.47. The number of benzene rings is 3. The van der Waals surface area contributed by atoms with Crippen LogP contribution in [-0.4, -0.2) is 29.6 Å². The van der Waals surface area contributed by atoms with Crippen molar-refractivity contribution in [3.8, 4) is 0 Å². The third kappa shape index (κ3) is 7.77. The summed E-state index contributed by atoms with van der Waals surface area (Å²) in [5.41, 5.74) is 6.42. The molecule has 3 rings (SSSR count). The number of nitrogens with two attached hydrogens (primary N) is 1. The van der Waals surface area contributed by atoms with Crippen molar-refractivity contribution in [2.24, 2.45) is 5.73 Å². The molecule has 34 heavy (non-hydrogen) atoms. The largest absolute Gasteiger partial charge is 0.391 e. The number of aliphatic hydroxyl groups is 1. The Kier molecular flexibility index (Phi) is 9.87. The van der Waals surface area contributed by atoms with Gasteiger partial charge in [0.1, 0.15) is 12.4 Å². The van der Waals surface area contributed by atoms with Gasteiger partial charge in [-0.15, -0.1) is 0 Å². The van der Waals surface area contributed by atoms with Crippen LogP contribution in [0, 0.1) is 17.5 Å². The molecule has 3 aromatic carbocycles. The molecule has 0 heterocycles. The lowest BCUT2D eigenvalue weighted by molar-refractivity contribution is -0.00684. The van der Waals surface area contributed by atoms with E-state index in [-0.39, 0.29) is 28.8 Å². The highest BCUT2D eigenvalue weighted by Gasteiger charge is 2.20. The first-order chi connectivity index (χ1) is 16.1. The number of carbonyl (C=O) groups is 2. The quantitative estimate of drug-likeness (QED) is 0.364. The molecule has 7 nitrogen and oxygen atoms in total. The Bertz CT molecular complexity index is 1150. The lowest BCUT2D eigenvalue weighted by Gasteiger charge is -2.14. The van der Waals surface area contributed by atoms with E-state index in [1.54, 1.807) is 24.3 Å². The van der Waals surface area contributed by atoms with Gasteiger partial charge in [0.15, 0.2) is 11.6 Å². The SMILES string of the molecule is CC(O)CONC(=O)c1ccc(F)c(F)c1Nc1ccc(Cl)cc1F.NC(=O)c1ccccc1. The van der Waals surface area contributed by atoms with Gasteiger partial charge in [0.2, 0.25) is 5.91 Å². The molecule has 0 bridgehead atoms. The second kappa shape index (κ2) is 12.6. The van der Waals surface area contributed by atoms with Crippen LogP contribution in [0.5, 0.6) is 0 Å². The van der Waals surface area contributed by atoms with E-state index in [4.69, 9.17) is 27.3 Å². The van der Waals surface area contributed by atoms with Crippen LogP contribution in [0.3, 0.4) is 0 Å². The molecule has 0 aromatic heterocycles. The molecular weight excluding hydrogens is 475 g/mol. The Balaban J connectivity index is 0.000000379. The fraction of sp³-hybridized carbons (Fsp3) is 0.130. The molecule has 0 fully saturated rings. The number of aliphatic hydroxyl groups excluding tert-OH is 1. The summed E-state index contributed by atoms with van der Waals surface area (Å²) in [6, 6.07) is 14.1. The van der Waals surface area contributed by atoms with Gasteiger partial charge in [0.25, 0.3) is 5.91 Å².